The summed E-state index contributed by atoms with van der Waals surface area (Å²) in [5, 5.41) is 8.68. The van der Waals surface area contributed by atoms with Crippen LogP contribution in [0.3, 0.4) is 0 Å². The molecule has 0 fully saturated rings. The number of carbonyl (C=O) groups excluding carboxylic acids is 1. The van der Waals surface area contributed by atoms with Crippen LogP contribution in [-0.2, 0) is 14.3 Å². The van der Waals surface area contributed by atoms with E-state index in [9.17, 15) is 4.79 Å². The summed E-state index contributed by atoms with van der Waals surface area (Å²) >= 11 is 0. The van der Waals surface area contributed by atoms with E-state index in [2.05, 4.69) is 6.08 Å². The molecule has 0 bridgehead atoms. The number of cyclic esters (lactones) is 1. The summed E-state index contributed by atoms with van der Waals surface area (Å²) in [5.74, 6) is -0.649. The highest BCUT2D eigenvalue weighted by Gasteiger charge is 2.28. The van der Waals surface area contributed by atoms with E-state index >= 15 is 0 Å². The summed E-state index contributed by atoms with van der Waals surface area (Å²) in [7, 11) is 0. The Kier molecular flexibility index (Phi) is 8.90. The molecule has 0 aromatic rings. The van der Waals surface area contributed by atoms with Crippen molar-refractivity contribution in [2.45, 2.75) is 77.4 Å². The van der Waals surface area contributed by atoms with Gasteiger partial charge < -0.3 is 14.6 Å². The van der Waals surface area contributed by atoms with Gasteiger partial charge in [0.25, 0.3) is 0 Å². The number of carbonyl (C=O) groups is 1. The Labute approximate surface area is 134 Å². The molecule has 0 spiro atoms. The van der Waals surface area contributed by atoms with Gasteiger partial charge in [-0.3, -0.25) is 0 Å². The number of ether oxygens (including phenoxy) is 2. The molecule has 1 heterocycles. The molecular formula is C18H30O4. The number of allylic oxidation sites excluding steroid dienone is 2. The largest absolute Gasteiger partial charge is 0.453 e. The third-order valence-corrected chi connectivity index (χ3v) is 3.53. The van der Waals surface area contributed by atoms with Crippen LogP contribution >= 0.6 is 0 Å². The van der Waals surface area contributed by atoms with Gasteiger partial charge in [-0.25, -0.2) is 4.79 Å². The van der Waals surface area contributed by atoms with E-state index < -0.39 is 5.79 Å². The van der Waals surface area contributed by atoms with Gasteiger partial charge in [0.15, 0.2) is 0 Å². The normalized spacial score (nSPS) is 17.2. The second-order valence-corrected chi connectivity index (χ2v) is 6.21. The Balaban J connectivity index is 2.04. The van der Waals surface area contributed by atoms with Gasteiger partial charge in [-0.1, -0.05) is 44.6 Å². The first kappa shape index (κ1) is 18.8. The van der Waals surface area contributed by atoms with Crippen molar-refractivity contribution in [1.82, 2.24) is 0 Å². The average Bonchev–Trinajstić information content (AvgIpc) is 2.42. The van der Waals surface area contributed by atoms with Crippen LogP contribution in [0.4, 0.5) is 0 Å². The van der Waals surface area contributed by atoms with E-state index in [1.807, 2.05) is 6.08 Å². The van der Waals surface area contributed by atoms with E-state index in [1.54, 1.807) is 13.8 Å². The van der Waals surface area contributed by atoms with E-state index in [-0.39, 0.29) is 5.97 Å². The van der Waals surface area contributed by atoms with Crippen LogP contribution in [0.1, 0.15) is 71.6 Å². The molecule has 1 aliphatic rings. The number of aliphatic hydroxyl groups is 1. The van der Waals surface area contributed by atoms with Crippen molar-refractivity contribution < 1.29 is 19.4 Å². The number of rotatable bonds is 11. The summed E-state index contributed by atoms with van der Waals surface area (Å²) in [5.41, 5.74) is 0. The van der Waals surface area contributed by atoms with Crippen LogP contribution < -0.4 is 0 Å². The fraction of sp³-hybridized carbons (Fsp3) is 0.722. The van der Waals surface area contributed by atoms with Crippen molar-refractivity contribution in [3.63, 3.8) is 0 Å². The van der Waals surface area contributed by atoms with E-state index in [4.69, 9.17) is 14.6 Å². The zero-order chi connectivity index (χ0) is 16.3. The summed E-state index contributed by atoms with van der Waals surface area (Å²) < 4.78 is 10.6. The molecule has 0 amide bonds. The van der Waals surface area contributed by atoms with Gasteiger partial charge in [-0.15, -0.1) is 0 Å². The summed E-state index contributed by atoms with van der Waals surface area (Å²) in [6.45, 7) is 3.78. The Morgan fingerprint density at radius 3 is 2.18 bits per heavy atom. The van der Waals surface area contributed by atoms with Crippen LogP contribution in [0.25, 0.3) is 0 Å². The lowest BCUT2D eigenvalue weighted by molar-refractivity contribution is -0.203. The minimum absolute atomic E-state index is 0.321. The first-order valence-corrected chi connectivity index (χ1v) is 8.44. The van der Waals surface area contributed by atoms with Gasteiger partial charge in [0.1, 0.15) is 5.76 Å². The minimum Gasteiger partial charge on any atom is -0.453 e. The lowest BCUT2D eigenvalue weighted by Gasteiger charge is -2.29. The van der Waals surface area contributed by atoms with Crippen LogP contribution in [0.2, 0.25) is 0 Å². The van der Waals surface area contributed by atoms with Crippen molar-refractivity contribution in [1.29, 1.82) is 0 Å². The summed E-state index contributed by atoms with van der Waals surface area (Å²) in [6, 6.07) is 0. The second kappa shape index (κ2) is 10.4. The molecule has 0 radical (unpaired) electrons. The fourth-order valence-corrected chi connectivity index (χ4v) is 2.44. The predicted molar refractivity (Wildman–Crippen MR) is 87.1 cm³/mol. The molecule has 1 aliphatic heterocycles. The van der Waals surface area contributed by atoms with Crippen molar-refractivity contribution in [2.75, 3.05) is 6.61 Å². The molecule has 4 heteroatoms. The molecule has 0 aromatic carbocycles. The molecule has 1 N–H and O–H groups in total. The third-order valence-electron chi connectivity index (χ3n) is 3.53. The van der Waals surface area contributed by atoms with Gasteiger partial charge in [0, 0.05) is 20.5 Å². The maximum Gasteiger partial charge on any atom is 0.337 e. The molecule has 22 heavy (non-hydrogen) atoms. The maximum atomic E-state index is 11.4. The van der Waals surface area contributed by atoms with Crippen molar-refractivity contribution in [2.24, 2.45) is 0 Å². The van der Waals surface area contributed by atoms with Crippen LogP contribution in [0, 0.1) is 0 Å². The Morgan fingerprint density at radius 1 is 1.00 bits per heavy atom. The maximum absolute atomic E-state index is 11.4. The summed E-state index contributed by atoms with van der Waals surface area (Å²) in [6.07, 6.45) is 15.8. The highest BCUT2D eigenvalue weighted by molar-refractivity contribution is 5.83. The zero-order valence-corrected chi connectivity index (χ0v) is 14.0. The molecule has 0 aliphatic carbocycles. The van der Waals surface area contributed by atoms with E-state index in [0.717, 1.165) is 25.7 Å². The lowest BCUT2D eigenvalue weighted by Crippen LogP contribution is -2.33. The summed E-state index contributed by atoms with van der Waals surface area (Å²) in [4.78, 5) is 11.4. The third kappa shape index (κ3) is 8.88. The van der Waals surface area contributed by atoms with Gasteiger partial charge in [0.2, 0.25) is 5.79 Å². The average molecular weight is 310 g/mol. The highest BCUT2D eigenvalue weighted by Crippen LogP contribution is 2.22. The Morgan fingerprint density at radius 2 is 1.59 bits per heavy atom. The van der Waals surface area contributed by atoms with E-state index in [0.29, 0.717) is 12.4 Å². The monoisotopic (exact) mass is 310 g/mol. The molecule has 0 unspecified atom stereocenters. The highest BCUT2D eigenvalue weighted by atomic mass is 16.7. The Hall–Kier alpha value is -1.29. The van der Waals surface area contributed by atoms with Gasteiger partial charge in [-0.05, 0) is 25.3 Å². The molecule has 0 saturated heterocycles. The lowest BCUT2D eigenvalue weighted by atomic mass is 10.1. The minimum atomic E-state index is -0.873. The Bertz CT molecular complexity index is 383. The molecule has 126 valence electrons. The fourth-order valence-electron chi connectivity index (χ4n) is 2.44. The number of aliphatic hydroxyl groups excluding tert-OH is 1. The first-order chi connectivity index (χ1) is 10.5. The van der Waals surface area contributed by atoms with Crippen LogP contribution in [-0.4, -0.2) is 23.5 Å². The predicted octanol–water partition coefficient (Wildman–Crippen LogP) is 4.24. The SMILES string of the molecule is CC1(C)OC(=O)C=C(/C=C/CCCCCCCCCCO)O1. The molecule has 4 nitrogen and oxygen atoms in total. The van der Waals surface area contributed by atoms with Gasteiger partial charge in [-0.2, -0.15) is 0 Å². The molecule has 0 aromatic heterocycles. The number of unbranched alkanes of at least 4 members (excludes halogenated alkanes) is 8. The number of hydrogen-bond acceptors (Lipinski definition) is 4. The first-order valence-electron chi connectivity index (χ1n) is 8.44. The van der Waals surface area contributed by atoms with Crippen molar-refractivity contribution in [3.05, 3.63) is 24.0 Å². The molecule has 0 atom stereocenters. The topological polar surface area (TPSA) is 55.8 Å². The van der Waals surface area contributed by atoms with Crippen molar-refractivity contribution in [3.8, 4) is 0 Å². The zero-order valence-electron chi connectivity index (χ0n) is 14.0. The quantitative estimate of drug-likeness (QED) is 0.458. The number of esters is 1. The smallest absolute Gasteiger partial charge is 0.337 e. The van der Waals surface area contributed by atoms with E-state index in [1.165, 1.54) is 38.2 Å². The number of hydrogen-bond donors (Lipinski definition) is 1. The standard InChI is InChI=1S/C18H30O4/c1-18(2)21-16(15-17(20)22-18)13-11-9-7-5-3-4-6-8-10-12-14-19/h11,13,15,19H,3-10,12,14H2,1-2H3/b13-11+. The second-order valence-electron chi connectivity index (χ2n) is 6.21. The van der Waals surface area contributed by atoms with Crippen LogP contribution in [0.5, 0.6) is 0 Å². The molecular weight excluding hydrogens is 280 g/mol. The van der Waals surface area contributed by atoms with Gasteiger partial charge in [0.05, 0.1) is 6.08 Å². The van der Waals surface area contributed by atoms with Crippen molar-refractivity contribution >= 4 is 5.97 Å². The van der Waals surface area contributed by atoms with Crippen LogP contribution in [0.15, 0.2) is 24.0 Å². The van der Waals surface area contributed by atoms with Gasteiger partial charge >= 0.3 is 5.97 Å². The molecule has 1 rings (SSSR count). The molecule has 0 saturated carbocycles.